The third-order valence-electron chi connectivity index (χ3n) is 4.50. The number of hydrogen-bond donors (Lipinski definition) is 1. The van der Waals surface area contributed by atoms with Gasteiger partial charge in [-0.05, 0) is 36.2 Å². The van der Waals surface area contributed by atoms with Crippen molar-refractivity contribution in [2.45, 2.75) is 19.0 Å². The molecule has 0 saturated carbocycles. The summed E-state index contributed by atoms with van der Waals surface area (Å²) < 4.78 is 24.6. The summed E-state index contributed by atoms with van der Waals surface area (Å²) in [7, 11) is -3.51. The highest BCUT2D eigenvalue weighted by atomic mass is 35.5. The van der Waals surface area contributed by atoms with E-state index in [2.05, 4.69) is 19.9 Å². The Morgan fingerprint density at radius 2 is 1.97 bits per heavy atom. The van der Waals surface area contributed by atoms with Crippen LogP contribution in [0.1, 0.15) is 11.4 Å². The number of aromatic amines is 1. The third-order valence-corrected chi connectivity index (χ3v) is 6.32. The molecule has 4 rings (SSSR count). The molecule has 11 heteroatoms. The molecule has 0 radical (unpaired) electrons. The number of imidazole rings is 1. The Labute approximate surface area is 182 Å². The summed E-state index contributed by atoms with van der Waals surface area (Å²) in [5.41, 5.74) is 2.07. The van der Waals surface area contributed by atoms with Crippen LogP contribution in [0, 0.1) is 0 Å². The van der Waals surface area contributed by atoms with E-state index in [1.54, 1.807) is 29.2 Å². The van der Waals surface area contributed by atoms with E-state index in [-0.39, 0.29) is 17.8 Å². The first kappa shape index (κ1) is 20.4. The first-order valence-electron chi connectivity index (χ1n) is 8.67. The average molecular weight is 473 g/mol. The normalized spacial score (nSPS) is 17.2. The molecule has 1 aliphatic heterocycles. The Balaban J connectivity index is 1.58. The lowest BCUT2D eigenvalue weighted by Gasteiger charge is -2.18. The second-order valence-electron chi connectivity index (χ2n) is 6.85. The van der Waals surface area contributed by atoms with Crippen LogP contribution >= 0.6 is 34.8 Å². The summed E-state index contributed by atoms with van der Waals surface area (Å²) in [6.45, 7) is 0.678. The first-order chi connectivity index (χ1) is 13.7. The minimum Gasteiger partial charge on any atom is -0.339 e. The van der Waals surface area contributed by atoms with Crippen molar-refractivity contribution in [3.05, 3.63) is 56.9 Å². The molecule has 0 fully saturated rings. The van der Waals surface area contributed by atoms with Gasteiger partial charge in [-0.25, -0.2) is 18.4 Å². The highest BCUT2D eigenvalue weighted by Crippen LogP contribution is 2.25. The van der Waals surface area contributed by atoms with Crippen LogP contribution in [0.25, 0.3) is 11.2 Å². The van der Waals surface area contributed by atoms with Crippen molar-refractivity contribution >= 4 is 61.0 Å². The fourth-order valence-electron chi connectivity index (χ4n) is 3.30. The van der Waals surface area contributed by atoms with Crippen molar-refractivity contribution in [2.75, 3.05) is 12.8 Å². The standard InChI is InChI=1S/C18H16Cl3N5O2S/c1-29(27,28)18-22-12(6-10-2-3-11(19)7-13(10)20)8-26(18)9-16-23-14-4-5-15(21)24-17(14)25-16/h2-5,7,12H,6,8-9H2,1H3,(H,23,24,25). The zero-order chi connectivity index (χ0) is 20.8. The number of H-pyrrole nitrogens is 1. The number of rotatable bonds is 4. The topological polar surface area (TPSA) is 91.3 Å². The van der Waals surface area contributed by atoms with Crippen LogP contribution in [0.3, 0.4) is 0 Å². The van der Waals surface area contributed by atoms with Crippen LogP contribution in [0.15, 0.2) is 35.3 Å². The molecule has 3 aromatic rings. The fraction of sp³-hybridized carbons (Fsp3) is 0.278. The molecule has 1 unspecified atom stereocenters. The average Bonchev–Trinajstić information content (AvgIpc) is 3.20. The number of sulfone groups is 1. The summed E-state index contributed by atoms with van der Waals surface area (Å²) in [6.07, 6.45) is 1.65. The molecule has 0 saturated heterocycles. The molecule has 152 valence electrons. The van der Waals surface area contributed by atoms with E-state index in [1.807, 2.05) is 6.07 Å². The lowest BCUT2D eigenvalue weighted by atomic mass is 10.1. The number of halogens is 3. The van der Waals surface area contributed by atoms with Gasteiger partial charge in [-0.3, -0.25) is 4.99 Å². The van der Waals surface area contributed by atoms with E-state index in [0.29, 0.717) is 39.6 Å². The molecular formula is C18H16Cl3N5O2S. The summed E-state index contributed by atoms with van der Waals surface area (Å²) in [5, 5.41) is 1.46. The van der Waals surface area contributed by atoms with E-state index < -0.39 is 9.84 Å². The maximum atomic E-state index is 12.3. The molecule has 3 heterocycles. The Hall–Kier alpha value is -1.87. The fourth-order valence-corrected chi connectivity index (χ4v) is 4.88. The van der Waals surface area contributed by atoms with Gasteiger partial charge in [0, 0.05) is 22.8 Å². The Kier molecular flexibility index (Phi) is 5.46. The molecule has 1 aliphatic rings. The Bertz CT molecular complexity index is 1230. The summed E-state index contributed by atoms with van der Waals surface area (Å²) in [4.78, 5) is 17.9. The van der Waals surface area contributed by atoms with Gasteiger partial charge in [0.2, 0.25) is 15.0 Å². The van der Waals surface area contributed by atoms with E-state index in [9.17, 15) is 8.42 Å². The van der Waals surface area contributed by atoms with Crippen LogP contribution in [0.5, 0.6) is 0 Å². The van der Waals surface area contributed by atoms with Crippen LogP contribution in [0.2, 0.25) is 15.2 Å². The largest absolute Gasteiger partial charge is 0.339 e. The lowest BCUT2D eigenvalue weighted by Crippen LogP contribution is -2.34. The van der Waals surface area contributed by atoms with Gasteiger partial charge in [-0.15, -0.1) is 0 Å². The Morgan fingerprint density at radius 3 is 2.69 bits per heavy atom. The van der Waals surface area contributed by atoms with E-state index >= 15 is 0 Å². The molecule has 0 amide bonds. The number of hydrogen-bond acceptors (Lipinski definition) is 6. The van der Waals surface area contributed by atoms with Crippen molar-refractivity contribution in [3.8, 4) is 0 Å². The number of aliphatic imine (C=N–C) groups is 1. The van der Waals surface area contributed by atoms with Crippen molar-refractivity contribution in [1.82, 2.24) is 19.9 Å². The van der Waals surface area contributed by atoms with Crippen LogP contribution in [-0.2, 0) is 22.8 Å². The van der Waals surface area contributed by atoms with E-state index in [1.165, 1.54) is 0 Å². The molecule has 0 spiro atoms. The molecule has 1 atom stereocenters. The second-order valence-corrected chi connectivity index (χ2v) is 9.99. The number of benzene rings is 1. The van der Waals surface area contributed by atoms with Gasteiger partial charge in [-0.1, -0.05) is 40.9 Å². The van der Waals surface area contributed by atoms with E-state index in [4.69, 9.17) is 34.8 Å². The molecular weight excluding hydrogens is 457 g/mol. The van der Waals surface area contributed by atoms with Crippen LogP contribution < -0.4 is 0 Å². The zero-order valence-electron chi connectivity index (χ0n) is 15.2. The van der Waals surface area contributed by atoms with Crippen molar-refractivity contribution in [3.63, 3.8) is 0 Å². The van der Waals surface area contributed by atoms with Crippen molar-refractivity contribution in [1.29, 1.82) is 0 Å². The predicted octanol–water partition coefficient (Wildman–Crippen LogP) is 3.75. The molecule has 7 nitrogen and oxygen atoms in total. The van der Waals surface area contributed by atoms with Crippen molar-refractivity contribution < 1.29 is 8.42 Å². The van der Waals surface area contributed by atoms with Gasteiger partial charge in [0.25, 0.3) is 0 Å². The highest BCUT2D eigenvalue weighted by molar-refractivity contribution is 8.05. The van der Waals surface area contributed by atoms with Crippen molar-refractivity contribution in [2.24, 2.45) is 4.99 Å². The molecule has 2 aromatic heterocycles. The number of amidine groups is 1. The molecule has 29 heavy (non-hydrogen) atoms. The first-order valence-corrected chi connectivity index (χ1v) is 11.7. The summed E-state index contributed by atoms with van der Waals surface area (Å²) in [5.74, 6) is 0.580. The second kappa shape index (κ2) is 7.75. The SMILES string of the molecule is CS(=O)(=O)C1=NC(Cc2ccc(Cl)cc2Cl)CN1Cc1nc2nc(Cl)ccc2[nH]1. The number of aromatic nitrogens is 3. The number of pyridine rings is 1. The summed E-state index contributed by atoms with van der Waals surface area (Å²) in [6, 6.07) is 8.44. The minimum atomic E-state index is -3.51. The van der Waals surface area contributed by atoms with E-state index in [0.717, 1.165) is 17.3 Å². The van der Waals surface area contributed by atoms with Gasteiger partial charge in [0.1, 0.15) is 11.0 Å². The number of nitrogens with zero attached hydrogens (tertiary/aromatic N) is 4. The predicted molar refractivity (Wildman–Crippen MR) is 116 cm³/mol. The van der Waals surface area contributed by atoms with Gasteiger partial charge >= 0.3 is 0 Å². The third kappa shape index (κ3) is 4.50. The van der Waals surface area contributed by atoms with Gasteiger partial charge in [0.15, 0.2) is 5.65 Å². The summed E-state index contributed by atoms with van der Waals surface area (Å²) >= 11 is 18.1. The van der Waals surface area contributed by atoms with Crippen LogP contribution in [0.4, 0.5) is 0 Å². The molecule has 1 aromatic carbocycles. The Morgan fingerprint density at radius 1 is 1.17 bits per heavy atom. The zero-order valence-corrected chi connectivity index (χ0v) is 18.3. The van der Waals surface area contributed by atoms with Gasteiger partial charge in [-0.2, -0.15) is 0 Å². The number of fused-ring (bicyclic) bond motifs is 1. The smallest absolute Gasteiger partial charge is 0.219 e. The maximum Gasteiger partial charge on any atom is 0.219 e. The molecule has 0 bridgehead atoms. The van der Waals surface area contributed by atoms with Gasteiger partial charge in [0.05, 0.1) is 18.1 Å². The monoisotopic (exact) mass is 471 g/mol. The number of nitrogens with one attached hydrogen (secondary N) is 1. The minimum absolute atomic E-state index is 0.0408. The molecule has 1 N–H and O–H groups in total. The quantitative estimate of drug-likeness (QED) is 0.584. The van der Waals surface area contributed by atoms with Crippen LogP contribution in [-0.4, -0.2) is 52.3 Å². The lowest BCUT2D eigenvalue weighted by molar-refractivity contribution is 0.410. The maximum absolute atomic E-state index is 12.3. The van der Waals surface area contributed by atoms with Gasteiger partial charge < -0.3 is 9.88 Å². The highest BCUT2D eigenvalue weighted by Gasteiger charge is 2.32. The molecule has 0 aliphatic carbocycles.